The average molecular weight is 223 g/mol. The Morgan fingerprint density at radius 2 is 2.12 bits per heavy atom. The van der Waals surface area contributed by atoms with Gasteiger partial charge in [-0.15, -0.1) is 0 Å². The number of amides is 1. The first-order valence-corrected chi connectivity index (χ1v) is 5.84. The minimum absolute atomic E-state index is 0.0771. The first-order chi connectivity index (χ1) is 7.74. The third-order valence-electron chi connectivity index (χ3n) is 3.42. The second-order valence-electron chi connectivity index (χ2n) is 4.61. The van der Waals surface area contributed by atoms with Crippen LogP contribution in [0, 0.1) is 5.92 Å². The summed E-state index contributed by atoms with van der Waals surface area (Å²) in [5.74, 6) is -0.785. The summed E-state index contributed by atoms with van der Waals surface area (Å²) >= 11 is 0. The fraction of sp³-hybridized carbons (Fsp3) is 0.667. The van der Waals surface area contributed by atoms with Gasteiger partial charge >= 0.3 is 5.97 Å². The Balaban J connectivity index is 2.11. The molecule has 16 heavy (non-hydrogen) atoms. The van der Waals surface area contributed by atoms with Crippen molar-refractivity contribution in [3.8, 4) is 0 Å². The molecule has 1 saturated carbocycles. The van der Waals surface area contributed by atoms with Gasteiger partial charge in [0.2, 0.25) is 6.41 Å². The summed E-state index contributed by atoms with van der Waals surface area (Å²) in [7, 11) is 0. The van der Waals surface area contributed by atoms with Gasteiger partial charge in [-0.2, -0.15) is 0 Å². The molecule has 2 atom stereocenters. The quantitative estimate of drug-likeness (QED) is 0.566. The maximum Gasteiger partial charge on any atom is 0.326 e. The van der Waals surface area contributed by atoms with Crippen molar-refractivity contribution >= 4 is 12.4 Å². The number of hydrogen-bond acceptors (Lipinski definition) is 2. The number of rotatable bonds is 5. The molecule has 1 amide bonds. The van der Waals surface area contributed by atoms with Crippen LogP contribution >= 0.6 is 0 Å². The molecule has 4 heteroatoms. The molecule has 4 nitrogen and oxygen atoms in total. The molecule has 2 unspecified atom stereocenters. The van der Waals surface area contributed by atoms with Crippen molar-refractivity contribution in [2.24, 2.45) is 5.92 Å². The van der Waals surface area contributed by atoms with Gasteiger partial charge in [0.25, 0.3) is 0 Å². The smallest absolute Gasteiger partial charge is 0.326 e. The molecule has 0 radical (unpaired) electrons. The van der Waals surface area contributed by atoms with Crippen molar-refractivity contribution in [3.63, 3.8) is 0 Å². The van der Waals surface area contributed by atoms with Crippen LogP contribution in [0.1, 0.15) is 32.1 Å². The number of hydrogen-bond donors (Lipinski definition) is 1. The number of aliphatic carboxylic acids is 1. The van der Waals surface area contributed by atoms with Crippen LogP contribution in [0.15, 0.2) is 12.2 Å². The Kier molecular flexibility index (Phi) is 3.27. The van der Waals surface area contributed by atoms with E-state index in [1.54, 1.807) is 0 Å². The van der Waals surface area contributed by atoms with E-state index in [1.165, 1.54) is 4.90 Å². The summed E-state index contributed by atoms with van der Waals surface area (Å²) in [6, 6.07) is -0.459. The summed E-state index contributed by atoms with van der Waals surface area (Å²) in [6.45, 7) is 0. The average Bonchev–Trinajstić information content (AvgIpc) is 3.10. The van der Waals surface area contributed by atoms with Gasteiger partial charge in [-0.3, -0.25) is 4.79 Å². The molecule has 2 aliphatic carbocycles. The lowest BCUT2D eigenvalue weighted by Gasteiger charge is -2.32. The predicted molar refractivity (Wildman–Crippen MR) is 58.8 cm³/mol. The van der Waals surface area contributed by atoms with Crippen LogP contribution in [-0.4, -0.2) is 34.5 Å². The summed E-state index contributed by atoms with van der Waals surface area (Å²) in [4.78, 5) is 23.8. The van der Waals surface area contributed by atoms with E-state index in [9.17, 15) is 14.7 Å². The van der Waals surface area contributed by atoms with Crippen LogP contribution in [0.5, 0.6) is 0 Å². The summed E-state index contributed by atoms with van der Waals surface area (Å²) in [5.41, 5.74) is 0. The van der Waals surface area contributed by atoms with Crippen LogP contribution in [0.4, 0.5) is 0 Å². The molecule has 1 N–H and O–H groups in total. The van der Waals surface area contributed by atoms with Gasteiger partial charge in [0.15, 0.2) is 0 Å². The van der Waals surface area contributed by atoms with Gasteiger partial charge in [0, 0.05) is 6.04 Å². The SMILES string of the molecule is O=CN(C1CC1)C(C(=O)O)C1CC=CCC1. The molecule has 0 heterocycles. The highest BCUT2D eigenvalue weighted by atomic mass is 16.4. The lowest BCUT2D eigenvalue weighted by Crippen LogP contribution is -2.47. The van der Waals surface area contributed by atoms with Crippen molar-refractivity contribution in [2.75, 3.05) is 0 Å². The molecule has 0 aliphatic heterocycles. The second kappa shape index (κ2) is 4.68. The van der Waals surface area contributed by atoms with E-state index in [0.29, 0.717) is 0 Å². The van der Waals surface area contributed by atoms with E-state index in [-0.39, 0.29) is 12.0 Å². The Hall–Kier alpha value is -1.32. The highest BCUT2D eigenvalue weighted by Gasteiger charge is 2.40. The van der Waals surface area contributed by atoms with Crippen molar-refractivity contribution < 1.29 is 14.7 Å². The number of carboxylic acids is 1. The van der Waals surface area contributed by atoms with E-state index in [1.807, 2.05) is 6.08 Å². The molecule has 0 aromatic rings. The molecule has 2 rings (SSSR count). The lowest BCUT2D eigenvalue weighted by atomic mass is 9.87. The van der Waals surface area contributed by atoms with E-state index < -0.39 is 12.0 Å². The van der Waals surface area contributed by atoms with Gasteiger partial charge < -0.3 is 10.0 Å². The van der Waals surface area contributed by atoms with Gasteiger partial charge in [-0.25, -0.2) is 4.79 Å². The van der Waals surface area contributed by atoms with Crippen LogP contribution in [0.2, 0.25) is 0 Å². The highest BCUT2D eigenvalue weighted by Crippen LogP contribution is 2.33. The lowest BCUT2D eigenvalue weighted by molar-refractivity contribution is -0.149. The normalized spacial score (nSPS) is 26.1. The van der Waals surface area contributed by atoms with E-state index in [4.69, 9.17) is 0 Å². The van der Waals surface area contributed by atoms with Crippen LogP contribution < -0.4 is 0 Å². The number of nitrogens with zero attached hydrogens (tertiary/aromatic N) is 1. The van der Waals surface area contributed by atoms with Gasteiger partial charge in [-0.1, -0.05) is 12.2 Å². The van der Waals surface area contributed by atoms with Crippen molar-refractivity contribution in [1.82, 2.24) is 4.90 Å². The van der Waals surface area contributed by atoms with Crippen LogP contribution in [-0.2, 0) is 9.59 Å². The number of allylic oxidation sites excluding steroid dienone is 2. The molecule has 2 aliphatic rings. The van der Waals surface area contributed by atoms with E-state index >= 15 is 0 Å². The maximum absolute atomic E-state index is 11.3. The molecule has 0 saturated heterocycles. The Labute approximate surface area is 94.9 Å². The van der Waals surface area contributed by atoms with Crippen LogP contribution in [0.25, 0.3) is 0 Å². The monoisotopic (exact) mass is 223 g/mol. The zero-order valence-electron chi connectivity index (χ0n) is 9.21. The van der Waals surface area contributed by atoms with Crippen molar-refractivity contribution in [1.29, 1.82) is 0 Å². The number of carboxylic acid groups (broad SMARTS) is 1. The zero-order valence-corrected chi connectivity index (χ0v) is 9.21. The van der Waals surface area contributed by atoms with E-state index in [0.717, 1.165) is 38.5 Å². The second-order valence-corrected chi connectivity index (χ2v) is 4.61. The summed E-state index contributed by atoms with van der Waals surface area (Å²) in [5, 5.41) is 9.28. The Morgan fingerprint density at radius 1 is 1.38 bits per heavy atom. The Morgan fingerprint density at radius 3 is 2.56 bits per heavy atom. The molecule has 0 bridgehead atoms. The fourth-order valence-corrected chi connectivity index (χ4v) is 2.43. The van der Waals surface area contributed by atoms with Gasteiger partial charge in [-0.05, 0) is 38.0 Å². The molecule has 0 aromatic heterocycles. The Bertz CT molecular complexity index is 309. The third-order valence-corrected chi connectivity index (χ3v) is 3.42. The fourth-order valence-electron chi connectivity index (χ4n) is 2.43. The van der Waals surface area contributed by atoms with E-state index in [2.05, 4.69) is 6.08 Å². The molecule has 0 spiro atoms. The topological polar surface area (TPSA) is 57.6 Å². The van der Waals surface area contributed by atoms with Crippen molar-refractivity contribution in [2.45, 2.75) is 44.2 Å². The largest absolute Gasteiger partial charge is 0.480 e. The van der Waals surface area contributed by atoms with Crippen LogP contribution in [0.3, 0.4) is 0 Å². The minimum Gasteiger partial charge on any atom is -0.480 e. The maximum atomic E-state index is 11.3. The molecular formula is C12H17NO3. The number of carbonyl (C=O) groups is 2. The third kappa shape index (κ3) is 2.26. The van der Waals surface area contributed by atoms with Crippen molar-refractivity contribution in [3.05, 3.63) is 12.2 Å². The summed E-state index contributed by atoms with van der Waals surface area (Å²) in [6.07, 6.45) is 9.28. The highest BCUT2D eigenvalue weighted by molar-refractivity contribution is 5.77. The molecule has 0 aromatic carbocycles. The predicted octanol–water partition coefficient (Wildman–Crippen LogP) is 1.42. The first kappa shape index (κ1) is 11.2. The number of carbonyl (C=O) groups excluding carboxylic acids is 1. The standard InChI is InChI=1S/C12H17NO3/c14-8-13(10-6-7-10)11(12(15)16)9-4-2-1-3-5-9/h1-2,8-11H,3-7H2,(H,15,16). The molecule has 1 fully saturated rings. The summed E-state index contributed by atoms with van der Waals surface area (Å²) < 4.78 is 0. The first-order valence-electron chi connectivity index (χ1n) is 5.84. The van der Waals surface area contributed by atoms with Gasteiger partial charge in [0.1, 0.15) is 6.04 Å². The zero-order chi connectivity index (χ0) is 11.5. The minimum atomic E-state index is -0.862. The molecule has 88 valence electrons. The molecular weight excluding hydrogens is 206 g/mol. The van der Waals surface area contributed by atoms with Gasteiger partial charge in [0.05, 0.1) is 0 Å².